The fourth-order valence-electron chi connectivity index (χ4n) is 10.8. The normalized spacial score (nSPS) is 15.9. The Kier molecular flexibility index (Phi) is 12.6. The summed E-state index contributed by atoms with van der Waals surface area (Å²) in [5.41, 5.74) is 10.7. The number of nitrogens with zero attached hydrogens (tertiary/aromatic N) is 3. The van der Waals surface area contributed by atoms with Crippen molar-refractivity contribution in [1.29, 1.82) is 5.26 Å². The van der Waals surface area contributed by atoms with Crippen LogP contribution in [0.5, 0.6) is 23.0 Å². The zero-order valence-corrected chi connectivity index (χ0v) is 37.9. The van der Waals surface area contributed by atoms with Gasteiger partial charge in [0, 0.05) is 38.6 Å². The first kappa shape index (κ1) is 45.7. The van der Waals surface area contributed by atoms with Crippen LogP contribution < -0.4 is 9.47 Å². The van der Waals surface area contributed by atoms with E-state index in [0.29, 0.717) is 56.6 Å². The summed E-state index contributed by atoms with van der Waals surface area (Å²) in [5.74, 6) is 0.794. The lowest BCUT2D eigenvalue weighted by Crippen LogP contribution is -2.24. The van der Waals surface area contributed by atoms with Crippen LogP contribution in [0.25, 0.3) is 9.69 Å². The van der Waals surface area contributed by atoms with Gasteiger partial charge in [0.05, 0.1) is 35.9 Å². The molecule has 2 spiro atoms. The van der Waals surface area contributed by atoms with E-state index in [2.05, 4.69) is 40.0 Å². The highest BCUT2D eigenvalue weighted by molar-refractivity contribution is 6.67. The van der Waals surface area contributed by atoms with Crippen molar-refractivity contribution in [2.24, 2.45) is 0 Å². The number of aryl methyl sites for hydroxylation is 4. The number of aromatic hydroxyl groups is 2. The maximum absolute atomic E-state index is 13.1. The molecule has 0 fully saturated rings. The quantitative estimate of drug-likeness (QED) is 0.0752. The fraction of sp³-hybridized carbons (Fsp3) is 0.172. The average molecular weight is 928 g/mol. The van der Waals surface area contributed by atoms with E-state index in [-0.39, 0.29) is 5.41 Å². The van der Waals surface area contributed by atoms with Gasteiger partial charge in [-0.3, -0.25) is 4.79 Å². The molecule has 4 aliphatic rings. The lowest BCUT2D eigenvalue weighted by molar-refractivity contribution is 0.0725. The van der Waals surface area contributed by atoms with E-state index in [1.165, 1.54) is 23.3 Å². The minimum atomic E-state index is -0.499. The molecule has 0 saturated carbocycles. The molecule has 7 aromatic carbocycles. The van der Waals surface area contributed by atoms with Crippen molar-refractivity contribution < 1.29 is 34.1 Å². The lowest BCUT2D eigenvalue weighted by atomic mass is 9.76. The highest BCUT2D eigenvalue weighted by atomic mass is 35.5. The summed E-state index contributed by atoms with van der Waals surface area (Å²) in [7, 11) is 0. The predicted octanol–water partition coefficient (Wildman–Crippen LogP) is 12.6. The molecule has 0 unspecified atom stereocenters. The third-order valence-corrected chi connectivity index (χ3v) is 14.0. The molecule has 338 valence electrons. The van der Waals surface area contributed by atoms with Gasteiger partial charge in [0.25, 0.3) is 5.24 Å². The number of halogens is 1. The highest BCUT2D eigenvalue weighted by Gasteiger charge is 2.50. The van der Waals surface area contributed by atoms with E-state index in [1.807, 2.05) is 36.4 Å². The van der Waals surface area contributed by atoms with Crippen molar-refractivity contribution in [2.75, 3.05) is 0 Å². The number of esters is 2. The van der Waals surface area contributed by atoms with Crippen molar-refractivity contribution in [3.05, 3.63) is 235 Å². The summed E-state index contributed by atoms with van der Waals surface area (Å²) in [6.45, 7) is 13.8. The zero-order chi connectivity index (χ0) is 48.3. The Balaban J connectivity index is 0.000000161. The molecule has 4 aliphatic carbocycles. The van der Waals surface area contributed by atoms with E-state index < -0.39 is 22.6 Å². The first-order chi connectivity index (χ1) is 33.5. The Morgan fingerprint density at radius 1 is 0.507 bits per heavy atom. The number of nitriles is 1. The van der Waals surface area contributed by atoms with Crippen molar-refractivity contribution in [2.45, 2.75) is 62.2 Å². The van der Waals surface area contributed by atoms with E-state index in [0.717, 1.165) is 84.7 Å². The second-order valence-electron chi connectivity index (χ2n) is 17.4. The van der Waals surface area contributed by atoms with Gasteiger partial charge >= 0.3 is 11.9 Å². The van der Waals surface area contributed by atoms with Crippen LogP contribution in [0.2, 0.25) is 0 Å². The summed E-state index contributed by atoms with van der Waals surface area (Å²) in [4.78, 5) is 43.2. The highest BCUT2D eigenvalue weighted by Crippen LogP contribution is 2.59. The smallest absolute Gasteiger partial charge is 0.343 e. The van der Waals surface area contributed by atoms with Gasteiger partial charge < -0.3 is 19.7 Å². The van der Waals surface area contributed by atoms with Gasteiger partial charge in [-0.1, -0.05) is 97.1 Å². The van der Waals surface area contributed by atoms with E-state index >= 15 is 0 Å². The third kappa shape index (κ3) is 8.57. The van der Waals surface area contributed by atoms with E-state index in [1.54, 1.807) is 72.8 Å². The molecule has 0 aromatic heterocycles. The monoisotopic (exact) mass is 927 g/mol. The standard InChI is InChI=1S/C33H22N2O4.C17H16O2.C8H4ClNO/c1-35-26-14-12-25(13-15-26)32(37)39-28-7-3-5-23-17-19-33(30(23)28)18-16-22-4-2-6-27(29(22)33)38-31(36)24-10-8-21(20-34)9-11-24;18-13-5-1-3-11-7-9-17(15(11)13)10-8-12-4-2-6-14(19)16(12)17;1-10-7-4-2-6(3-5-7)8(9)11/h2-15H,16-19H2;1-6,18-19H,7-10H2;2-5H/t33-;;/m0../s1. The van der Waals surface area contributed by atoms with Crippen molar-refractivity contribution in [1.82, 2.24) is 0 Å². The fourth-order valence-corrected chi connectivity index (χ4v) is 10.9. The molecule has 69 heavy (non-hydrogen) atoms. The summed E-state index contributed by atoms with van der Waals surface area (Å²) >= 11 is 5.18. The first-order valence-corrected chi connectivity index (χ1v) is 22.8. The second-order valence-corrected chi connectivity index (χ2v) is 17.8. The van der Waals surface area contributed by atoms with Gasteiger partial charge in [-0.05, 0) is 134 Å². The third-order valence-electron chi connectivity index (χ3n) is 13.8. The van der Waals surface area contributed by atoms with Crippen LogP contribution in [0.1, 0.15) is 107 Å². The largest absolute Gasteiger partial charge is 0.508 e. The summed E-state index contributed by atoms with van der Waals surface area (Å²) < 4.78 is 12.0. The molecule has 0 heterocycles. The van der Waals surface area contributed by atoms with E-state index in [9.17, 15) is 24.6 Å². The van der Waals surface area contributed by atoms with Crippen LogP contribution in [-0.4, -0.2) is 27.4 Å². The molecule has 0 radical (unpaired) electrons. The Hall–Kier alpha value is -8.49. The van der Waals surface area contributed by atoms with Crippen molar-refractivity contribution >= 4 is 40.2 Å². The topological polar surface area (TPSA) is 143 Å². The minimum Gasteiger partial charge on any atom is -0.508 e. The molecule has 0 bridgehead atoms. The predicted molar refractivity (Wildman–Crippen MR) is 261 cm³/mol. The number of carbonyl (C=O) groups is 3. The Bertz CT molecular complexity index is 3120. The molecule has 7 aromatic rings. The van der Waals surface area contributed by atoms with Crippen LogP contribution in [-0.2, 0) is 36.5 Å². The van der Waals surface area contributed by atoms with Gasteiger partial charge in [0.2, 0.25) is 0 Å². The molecule has 11 rings (SSSR count). The number of phenolic OH excluding ortho intramolecular Hbond substituents is 2. The molecule has 1 atom stereocenters. The molecule has 0 amide bonds. The SMILES string of the molecule is Oc1cccc2c1C1(CC2)CCc2cccc(O)c21.[C-]#[N+]c1ccc(C(=O)Cl)cc1.[C-]#[N+]c1ccc(C(=O)Oc2cccc3c2[C@@]2(CCc4cccc(OC(=O)c5ccc(C#N)cc5)c42)CC3)cc1. The maximum Gasteiger partial charge on any atom is 0.343 e. The summed E-state index contributed by atoms with van der Waals surface area (Å²) in [6.07, 6.45) is 7.21. The number of hydrogen-bond donors (Lipinski definition) is 2. The molecular weight excluding hydrogens is 886 g/mol. The van der Waals surface area contributed by atoms with Crippen LogP contribution in [0, 0.1) is 24.5 Å². The maximum atomic E-state index is 13.1. The van der Waals surface area contributed by atoms with Crippen molar-refractivity contribution in [3.63, 3.8) is 0 Å². The Labute approximate surface area is 404 Å². The van der Waals surface area contributed by atoms with E-state index in [4.69, 9.17) is 39.5 Å². The number of rotatable bonds is 5. The lowest BCUT2D eigenvalue weighted by Gasteiger charge is -2.29. The molecule has 10 nitrogen and oxygen atoms in total. The van der Waals surface area contributed by atoms with Crippen LogP contribution in [0.3, 0.4) is 0 Å². The molecular formula is C58H42ClN3O7. The van der Waals surface area contributed by atoms with Crippen LogP contribution >= 0.6 is 11.6 Å². The molecule has 11 heteroatoms. The van der Waals surface area contributed by atoms with Gasteiger partial charge in [0.15, 0.2) is 11.4 Å². The van der Waals surface area contributed by atoms with Gasteiger partial charge in [-0.15, -0.1) is 0 Å². The zero-order valence-electron chi connectivity index (χ0n) is 37.2. The molecule has 0 aliphatic heterocycles. The number of ether oxygens (including phenoxy) is 2. The summed E-state index contributed by atoms with van der Waals surface area (Å²) in [6, 6.07) is 44.1. The second kappa shape index (κ2) is 19.0. The summed E-state index contributed by atoms with van der Waals surface area (Å²) in [5, 5.41) is 29.1. The van der Waals surface area contributed by atoms with Crippen LogP contribution in [0.15, 0.2) is 146 Å². The number of benzene rings is 7. The number of phenols is 2. The number of carbonyl (C=O) groups excluding carboxylic acids is 3. The number of fused-ring (bicyclic) bond motifs is 8. The molecule has 2 N–H and O–H groups in total. The first-order valence-electron chi connectivity index (χ1n) is 22.5. The number of hydrogen-bond acceptors (Lipinski definition) is 8. The average Bonchev–Trinajstić information content (AvgIpc) is 4.17. The van der Waals surface area contributed by atoms with Gasteiger partial charge in [-0.25, -0.2) is 19.3 Å². The Morgan fingerprint density at radius 3 is 1.23 bits per heavy atom. The van der Waals surface area contributed by atoms with Gasteiger partial charge in [0.1, 0.15) is 23.0 Å². The van der Waals surface area contributed by atoms with Crippen molar-refractivity contribution in [3.8, 4) is 29.1 Å². The van der Waals surface area contributed by atoms with Crippen LogP contribution in [0.4, 0.5) is 11.4 Å². The van der Waals surface area contributed by atoms with Gasteiger partial charge in [-0.2, -0.15) is 5.26 Å². The minimum absolute atomic E-state index is 0.165. The Morgan fingerprint density at radius 2 is 0.855 bits per heavy atom. The molecule has 0 saturated heterocycles.